The highest BCUT2D eigenvalue weighted by atomic mass is 32.2. The van der Waals surface area contributed by atoms with Gasteiger partial charge in [0.15, 0.2) is 0 Å². The Balaban J connectivity index is 2.69. The van der Waals surface area contributed by atoms with Crippen molar-refractivity contribution in [3.8, 4) is 0 Å². The summed E-state index contributed by atoms with van der Waals surface area (Å²) in [6.07, 6.45) is 0.778. The van der Waals surface area contributed by atoms with Crippen LogP contribution in [0.2, 0.25) is 0 Å². The van der Waals surface area contributed by atoms with Crippen LogP contribution < -0.4 is 4.72 Å². The van der Waals surface area contributed by atoms with Gasteiger partial charge in [-0.05, 0) is 24.3 Å². The van der Waals surface area contributed by atoms with Gasteiger partial charge in [-0.15, -0.1) is 0 Å². The van der Waals surface area contributed by atoms with Crippen LogP contribution in [0.5, 0.6) is 0 Å². The number of nitrogens with one attached hydrogen (secondary N) is 1. The summed E-state index contributed by atoms with van der Waals surface area (Å²) in [7, 11) is -1.02. The third-order valence-electron chi connectivity index (χ3n) is 1.54. The van der Waals surface area contributed by atoms with Gasteiger partial charge in [0.1, 0.15) is 17.3 Å². The van der Waals surface area contributed by atoms with Crippen LogP contribution in [0.15, 0.2) is 24.3 Å². The molecule has 0 aromatic heterocycles. The Morgan fingerprint density at radius 2 is 2.00 bits per heavy atom. The predicted molar refractivity (Wildman–Crippen MR) is 54.1 cm³/mol. The Bertz CT molecular complexity index is 308. The second-order valence-electron chi connectivity index (χ2n) is 2.48. The SMILES string of the molecule is CCS(=O)Nc1ccc(C=O)cc1. The van der Waals surface area contributed by atoms with Crippen molar-refractivity contribution in [2.45, 2.75) is 6.92 Å². The van der Waals surface area contributed by atoms with E-state index >= 15 is 0 Å². The number of carbonyl (C=O) groups is 1. The van der Waals surface area contributed by atoms with Crippen molar-refractivity contribution in [1.29, 1.82) is 0 Å². The van der Waals surface area contributed by atoms with Gasteiger partial charge in [0.05, 0.1) is 0 Å². The summed E-state index contributed by atoms with van der Waals surface area (Å²) in [5, 5.41) is 0. The van der Waals surface area contributed by atoms with Gasteiger partial charge in [-0.25, -0.2) is 4.21 Å². The Kier molecular flexibility index (Phi) is 3.64. The van der Waals surface area contributed by atoms with Crippen LogP contribution in [-0.4, -0.2) is 16.2 Å². The molecule has 0 heterocycles. The van der Waals surface area contributed by atoms with Crippen LogP contribution >= 0.6 is 0 Å². The average molecular weight is 197 g/mol. The van der Waals surface area contributed by atoms with Gasteiger partial charge >= 0.3 is 0 Å². The zero-order valence-corrected chi connectivity index (χ0v) is 8.14. The molecule has 70 valence electrons. The van der Waals surface area contributed by atoms with E-state index in [0.29, 0.717) is 11.3 Å². The number of hydrogen-bond acceptors (Lipinski definition) is 2. The fraction of sp³-hybridized carbons (Fsp3) is 0.222. The fourth-order valence-electron chi connectivity index (χ4n) is 0.833. The summed E-state index contributed by atoms with van der Waals surface area (Å²) in [4.78, 5) is 10.3. The lowest BCUT2D eigenvalue weighted by atomic mass is 10.2. The summed E-state index contributed by atoms with van der Waals surface area (Å²) in [6.45, 7) is 1.84. The van der Waals surface area contributed by atoms with Crippen molar-refractivity contribution in [1.82, 2.24) is 0 Å². The van der Waals surface area contributed by atoms with Crippen molar-refractivity contribution in [2.75, 3.05) is 10.5 Å². The van der Waals surface area contributed by atoms with E-state index in [2.05, 4.69) is 4.72 Å². The van der Waals surface area contributed by atoms with Crippen molar-refractivity contribution in [2.24, 2.45) is 0 Å². The summed E-state index contributed by atoms with van der Waals surface area (Å²) in [5.74, 6) is 0.565. The molecule has 1 rings (SSSR count). The molecule has 1 atom stereocenters. The molecule has 0 fully saturated rings. The van der Waals surface area contributed by atoms with E-state index < -0.39 is 11.0 Å². The quantitative estimate of drug-likeness (QED) is 0.745. The molecule has 1 N–H and O–H groups in total. The van der Waals surface area contributed by atoms with Crippen LogP contribution in [0.1, 0.15) is 17.3 Å². The molecule has 0 saturated carbocycles. The maximum Gasteiger partial charge on any atom is 0.150 e. The normalized spacial score (nSPS) is 12.1. The summed E-state index contributed by atoms with van der Waals surface area (Å²) < 4.78 is 13.9. The molecule has 13 heavy (non-hydrogen) atoms. The van der Waals surface area contributed by atoms with Gasteiger partial charge in [-0.1, -0.05) is 6.92 Å². The van der Waals surface area contributed by atoms with Gasteiger partial charge in [-0.3, -0.25) is 4.79 Å². The number of rotatable bonds is 4. The Morgan fingerprint density at radius 3 is 2.46 bits per heavy atom. The molecule has 1 unspecified atom stereocenters. The highest BCUT2D eigenvalue weighted by Crippen LogP contribution is 2.08. The predicted octanol–water partition coefficient (Wildman–Crippen LogP) is 1.59. The molecule has 1 aromatic rings. The lowest BCUT2D eigenvalue weighted by Crippen LogP contribution is -2.05. The minimum absolute atomic E-state index is 0.565. The number of benzene rings is 1. The smallest absolute Gasteiger partial charge is 0.150 e. The van der Waals surface area contributed by atoms with E-state index in [9.17, 15) is 9.00 Å². The third kappa shape index (κ3) is 2.99. The van der Waals surface area contributed by atoms with E-state index in [1.54, 1.807) is 24.3 Å². The molecular formula is C9H11NO2S. The minimum Gasteiger partial charge on any atom is -0.305 e. The van der Waals surface area contributed by atoms with E-state index in [1.165, 1.54) is 0 Å². The van der Waals surface area contributed by atoms with Crippen LogP contribution in [0.3, 0.4) is 0 Å². The zero-order valence-electron chi connectivity index (χ0n) is 7.32. The first-order valence-corrected chi connectivity index (χ1v) is 5.28. The molecule has 4 heteroatoms. The van der Waals surface area contributed by atoms with Crippen LogP contribution in [0.25, 0.3) is 0 Å². The highest BCUT2D eigenvalue weighted by Gasteiger charge is 1.96. The Morgan fingerprint density at radius 1 is 1.38 bits per heavy atom. The molecule has 0 aliphatic heterocycles. The Hall–Kier alpha value is -1.16. The highest BCUT2D eigenvalue weighted by molar-refractivity contribution is 7.86. The molecule has 0 aliphatic rings. The van der Waals surface area contributed by atoms with Gasteiger partial charge in [0.2, 0.25) is 0 Å². The molecule has 0 spiro atoms. The number of hydrogen-bond donors (Lipinski definition) is 1. The fourth-order valence-corrected chi connectivity index (χ4v) is 1.38. The molecule has 0 amide bonds. The second-order valence-corrected chi connectivity index (χ2v) is 3.95. The van der Waals surface area contributed by atoms with Crippen molar-refractivity contribution >= 4 is 23.0 Å². The van der Waals surface area contributed by atoms with Crippen LogP contribution in [0.4, 0.5) is 5.69 Å². The van der Waals surface area contributed by atoms with E-state index in [4.69, 9.17) is 0 Å². The van der Waals surface area contributed by atoms with Gasteiger partial charge in [0.25, 0.3) is 0 Å². The largest absolute Gasteiger partial charge is 0.305 e. The standard InChI is InChI=1S/C9H11NO2S/c1-2-13(12)10-9-5-3-8(7-11)4-6-9/h3-7,10H,2H2,1H3. The van der Waals surface area contributed by atoms with Gasteiger partial charge < -0.3 is 4.72 Å². The first-order valence-electron chi connectivity index (χ1n) is 3.96. The topological polar surface area (TPSA) is 46.2 Å². The first-order chi connectivity index (χ1) is 6.26. The van der Waals surface area contributed by atoms with Gasteiger partial charge in [0, 0.05) is 17.0 Å². The monoisotopic (exact) mass is 197 g/mol. The second kappa shape index (κ2) is 4.77. The van der Waals surface area contributed by atoms with E-state index in [-0.39, 0.29) is 0 Å². The van der Waals surface area contributed by atoms with Crippen molar-refractivity contribution in [3.05, 3.63) is 29.8 Å². The lowest BCUT2D eigenvalue weighted by Gasteiger charge is -2.03. The molecular weight excluding hydrogens is 186 g/mol. The molecule has 0 aliphatic carbocycles. The molecule has 3 nitrogen and oxygen atoms in total. The van der Waals surface area contributed by atoms with Crippen molar-refractivity contribution < 1.29 is 9.00 Å². The maximum atomic E-state index is 11.1. The Labute approximate surface area is 79.7 Å². The summed E-state index contributed by atoms with van der Waals surface area (Å²) in [6, 6.07) is 6.83. The maximum absolute atomic E-state index is 11.1. The van der Waals surface area contributed by atoms with Crippen LogP contribution in [0, 0.1) is 0 Å². The lowest BCUT2D eigenvalue weighted by molar-refractivity contribution is 0.112. The minimum atomic E-state index is -1.02. The molecule has 1 aromatic carbocycles. The van der Waals surface area contributed by atoms with E-state index in [1.807, 2.05) is 6.92 Å². The van der Waals surface area contributed by atoms with Crippen LogP contribution in [-0.2, 0) is 11.0 Å². The van der Waals surface area contributed by atoms with E-state index in [0.717, 1.165) is 12.0 Å². The third-order valence-corrected chi connectivity index (χ3v) is 2.53. The number of carbonyl (C=O) groups excluding carboxylic acids is 1. The zero-order chi connectivity index (χ0) is 9.68. The molecule has 0 bridgehead atoms. The first kappa shape index (κ1) is 9.92. The molecule has 0 radical (unpaired) electrons. The summed E-state index contributed by atoms with van der Waals surface area (Å²) >= 11 is 0. The number of anilines is 1. The number of aldehydes is 1. The average Bonchev–Trinajstić information content (AvgIpc) is 2.19. The van der Waals surface area contributed by atoms with Gasteiger partial charge in [-0.2, -0.15) is 0 Å². The summed E-state index contributed by atoms with van der Waals surface area (Å²) in [5.41, 5.74) is 1.39. The molecule has 0 saturated heterocycles. The van der Waals surface area contributed by atoms with Crippen molar-refractivity contribution in [3.63, 3.8) is 0 Å².